The van der Waals surface area contributed by atoms with Gasteiger partial charge in [-0.25, -0.2) is 0 Å². The number of methoxy groups -OCH3 is 1. The molecule has 1 aromatic carbocycles. The molecule has 5 heteroatoms. The molecular formula is C11H14BrNO3. The second-order valence-corrected chi connectivity index (χ2v) is 4.02. The Balaban J connectivity index is 2.94. The van der Waals surface area contributed by atoms with Gasteiger partial charge in [-0.1, -0.05) is 0 Å². The molecule has 2 N–H and O–H groups in total. The number of esters is 1. The van der Waals surface area contributed by atoms with Crippen LogP contribution in [0.4, 0.5) is 5.69 Å². The van der Waals surface area contributed by atoms with E-state index < -0.39 is 0 Å². The number of hydrogen-bond acceptors (Lipinski definition) is 4. The van der Waals surface area contributed by atoms with Crippen molar-refractivity contribution in [1.82, 2.24) is 0 Å². The molecule has 0 aliphatic rings. The molecule has 0 spiro atoms. The smallest absolute Gasteiger partial charge is 0.310 e. The van der Waals surface area contributed by atoms with Gasteiger partial charge in [0.25, 0.3) is 0 Å². The van der Waals surface area contributed by atoms with Crippen molar-refractivity contribution in [2.45, 2.75) is 13.3 Å². The first kappa shape index (κ1) is 12.8. The van der Waals surface area contributed by atoms with E-state index in [9.17, 15) is 4.79 Å². The summed E-state index contributed by atoms with van der Waals surface area (Å²) in [5.41, 5.74) is 7.04. The number of carbonyl (C=O) groups excluding carboxylic acids is 1. The molecule has 4 nitrogen and oxygen atoms in total. The molecule has 0 unspecified atom stereocenters. The van der Waals surface area contributed by atoms with Crippen molar-refractivity contribution < 1.29 is 14.3 Å². The van der Waals surface area contributed by atoms with Gasteiger partial charge in [-0.2, -0.15) is 0 Å². The van der Waals surface area contributed by atoms with Crippen molar-refractivity contribution in [3.8, 4) is 5.75 Å². The number of benzene rings is 1. The molecule has 0 amide bonds. The highest BCUT2D eigenvalue weighted by Gasteiger charge is 2.11. The number of anilines is 1. The van der Waals surface area contributed by atoms with Crippen LogP contribution in [0.2, 0.25) is 0 Å². The third-order valence-electron chi connectivity index (χ3n) is 2.04. The summed E-state index contributed by atoms with van der Waals surface area (Å²) in [7, 11) is 1.54. The predicted octanol–water partition coefficient (Wildman–Crippen LogP) is 2.15. The average Bonchev–Trinajstić information content (AvgIpc) is 2.23. The third kappa shape index (κ3) is 3.13. The van der Waals surface area contributed by atoms with Crippen LogP contribution in [0.15, 0.2) is 16.6 Å². The maximum atomic E-state index is 11.4. The molecule has 0 aromatic heterocycles. The second-order valence-electron chi connectivity index (χ2n) is 3.17. The molecule has 1 aromatic rings. The normalized spacial score (nSPS) is 9.94. The first-order chi connectivity index (χ1) is 7.58. The predicted molar refractivity (Wildman–Crippen MR) is 65.4 cm³/mol. The van der Waals surface area contributed by atoms with Crippen LogP contribution in [0.1, 0.15) is 12.5 Å². The molecule has 88 valence electrons. The molecule has 0 aliphatic carbocycles. The van der Waals surface area contributed by atoms with E-state index in [1.807, 2.05) is 0 Å². The van der Waals surface area contributed by atoms with Gasteiger partial charge in [-0.3, -0.25) is 4.79 Å². The van der Waals surface area contributed by atoms with E-state index in [4.69, 9.17) is 15.2 Å². The van der Waals surface area contributed by atoms with E-state index in [-0.39, 0.29) is 12.4 Å². The zero-order chi connectivity index (χ0) is 12.1. The number of nitrogen functional groups attached to an aromatic ring is 1. The maximum absolute atomic E-state index is 11.4. The molecule has 0 aliphatic heterocycles. The van der Waals surface area contributed by atoms with Crippen molar-refractivity contribution >= 4 is 27.6 Å². The van der Waals surface area contributed by atoms with E-state index in [0.29, 0.717) is 18.0 Å². The molecule has 0 atom stereocenters. The summed E-state index contributed by atoms with van der Waals surface area (Å²) in [6.45, 7) is 2.14. The van der Waals surface area contributed by atoms with Crippen molar-refractivity contribution in [2.24, 2.45) is 0 Å². The lowest BCUT2D eigenvalue weighted by molar-refractivity contribution is -0.142. The monoisotopic (exact) mass is 287 g/mol. The van der Waals surface area contributed by atoms with E-state index in [1.165, 1.54) is 7.11 Å². The van der Waals surface area contributed by atoms with Gasteiger partial charge in [0.15, 0.2) is 0 Å². The van der Waals surface area contributed by atoms with Gasteiger partial charge >= 0.3 is 5.97 Å². The fraction of sp³-hybridized carbons (Fsp3) is 0.364. The Kier molecular flexibility index (Phi) is 4.61. The van der Waals surface area contributed by atoms with Gasteiger partial charge in [0, 0.05) is 21.8 Å². The summed E-state index contributed by atoms with van der Waals surface area (Å²) >= 11 is 3.31. The Morgan fingerprint density at radius 1 is 1.50 bits per heavy atom. The molecule has 0 saturated carbocycles. The molecule has 0 fully saturated rings. The summed E-state index contributed by atoms with van der Waals surface area (Å²) in [5, 5.41) is 0. The fourth-order valence-corrected chi connectivity index (χ4v) is 1.70. The topological polar surface area (TPSA) is 61.5 Å². The summed E-state index contributed by atoms with van der Waals surface area (Å²) in [6.07, 6.45) is 0.176. The van der Waals surface area contributed by atoms with Gasteiger partial charge in [0.1, 0.15) is 5.75 Å². The first-order valence-corrected chi connectivity index (χ1v) is 5.65. The molecule has 0 heterocycles. The van der Waals surface area contributed by atoms with Crippen LogP contribution in [-0.2, 0) is 16.0 Å². The average molecular weight is 288 g/mol. The third-order valence-corrected chi connectivity index (χ3v) is 2.73. The Bertz CT molecular complexity index is 393. The van der Waals surface area contributed by atoms with Crippen molar-refractivity contribution in [3.63, 3.8) is 0 Å². The zero-order valence-corrected chi connectivity index (χ0v) is 10.8. The Morgan fingerprint density at radius 3 is 2.75 bits per heavy atom. The van der Waals surface area contributed by atoms with Crippen LogP contribution in [0.3, 0.4) is 0 Å². The van der Waals surface area contributed by atoms with Gasteiger partial charge in [-0.05, 0) is 28.9 Å². The second kappa shape index (κ2) is 5.75. The molecule has 16 heavy (non-hydrogen) atoms. The highest BCUT2D eigenvalue weighted by Crippen LogP contribution is 2.29. The van der Waals surface area contributed by atoms with Crippen molar-refractivity contribution in [1.29, 1.82) is 0 Å². The lowest BCUT2D eigenvalue weighted by Crippen LogP contribution is -2.09. The number of hydrogen-bond donors (Lipinski definition) is 1. The summed E-state index contributed by atoms with van der Waals surface area (Å²) in [4.78, 5) is 11.4. The zero-order valence-electron chi connectivity index (χ0n) is 9.25. The summed E-state index contributed by atoms with van der Waals surface area (Å²) in [5.74, 6) is 0.311. The quantitative estimate of drug-likeness (QED) is 0.681. The number of nitrogens with two attached hydrogens (primary N) is 1. The first-order valence-electron chi connectivity index (χ1n) is 4.86. The minimum atomic E-state index is -0.280. The van der Waals surface area contributed by atoms with Gasteiger partial charge in [0.2, 0.25) is 0 Å². The summed E-state index contributed by atoms with van der Waals surface area (Å²) in [6, 6.07) is 3.45. The number of halogens is 1. The molecule has 0 saturated heterocycles. The Morgan fingerprint density at radius 2 is 2.19 bits per heavy atom. The van der Waals surface area contributed by atoms with Gasteiger partial charge in [-0.15, -0.1) is 0 Å². The summed E-state index contributed by atoms with van der Waals surface area (Å²) < 4.78 is 10.8. The van der Waals surface area contributed by atoms with E-state index in [2.05, 4.69) is 15.9 Å². The van der Waals surface area contributed by atoms with E-state index in [1.54, 1.807) is 19.1 Å². The molecule has 1 rings (SSSR count). The van der Waals surface area contributed by atoms with Crippen molar-refractivity contribution in [2.75, 3.05) is 19.5 Å². The molecule has 0 bridgehead atoms. The minimum Gasteiger partial charge on any atom is -0.496 e. The number of ether oxygens (including phenoxy) is 2. The van der Waals surface area contributed by atoms with Crippen LogP contribution >= 0.6 is 15.9 Å². The highest BCUT2D eigenvalue weighted by molar-refractivity contribution is 9.10. The number of carbonyl (C=O) groups is 1. The SMILES string of the molecule is CCOC(=O)Cc1cc(Br)c(N)cc1OC. The Hall–Kier alpha value is -1.23. The van der Waals surface area contributed by atoms with Crippen LogP contribution in [0, 0.1) is 0 Å². The largest absolute Gasteiger partial charge is 0.496 e. The number of rotatable bonds is 4. The fourth-order valence-electron chi connectivity index (χ4n) is 1.31. The van der Waals surface area contributed by atoms with Crippen LogP contribution in [-0.4, -0.2) is 19.7 Å². The standard InChI is InChI=1S/C11H14BrNO3/c1-3-16-11(14)5-7-4-8(12)9(13)6-10(7)15-2/h4,6H,3,5,13H2,1-2H3. The molecule has 0 radical (unpaired) electrons. The van der Waals surface area contributed by atoms with Crippen LogP contribution in [0.25, 0.3) is 0 Å². The van der Waals surface area contributed by atoms with Gasteiger partial charge in [0.05, 0.1) is 20.1 Å². The van der Waals surface area contributed by atoms with Crippen LogP contribution in [0.5, 0.6) is 5.75 Å². The maximum Gasteiger partial charge on any atom is 0.310 e. The van der Waals surface area contributed by atoms with Crippen molar-refractivity contribution in [3.05, 3.63) is 22.2 Å². The Labute approximate surface area is 103 Å². The van der Waals surface area contributed by atoms with E-state index >= 15 is 0 Å². The van der Waals surface area contributed by atoms with E-state index in [0.717, 1.165) is 10.0 Å². The molecular weight excluding hydrogens is 274 g/mol. The highest BCUT2D eigenvalue weighted by atomic mass is 79.9. The lowest BCUT2D eigenvalue weighted by Gasteiger charge is -2.10. The van der Waals surface area contributed by atoms with Crippen LogP contribution < -0.4 is 10.5 Å². The minimum absolute atomic E-state index is 0.176. The lowest BCUT2D eigenvalue weighted by atomic mass is 10.1. The van der Waals surface area contributed by atoms with Gasteiger partial charge < -0.3 is 15.2 Å².